The van der Waals surface area contributed by atoms with Crippen LogP contribution in [0.5, 0.6) is 5.75 Å². The summed E-state index contributed by atoms with van der Waals surface area (Å²) in [6.45, 7) is -0.187. The third-order valence-corrected chi connectivity index (χ3v) is 4.96. The molecule has 140 valence electrons. The molecule has 0 saturated heterocycles. The molecule has 0 N–H and O–H groups in total. The van der Waals surface area contributed by atoms with Crippen molar-refractivity contribution in [3.05, 3.63) is 106 Å². The topological polar surface area (TPSA) is 55.6 Å². The molecule has 1 heterocycles. The molecule has 0 radical (unpaired) electrons. The van der Waals surface area contributed by atoms with Gasteiger partial charge in [-0.25, -0.2) is 0 Å². The quantitative estimate of drug-likeness (QED) is 0.465. The average molecular weight is 372 g/mol. The van der Waals surface area contributed by atoms with Crippen molar-refractivity contribution in [2.24, 2.45) is 0 Å². The summed E-state index contributed by atoms with van der Waals surface area (Å²) in [6, 6.07) is 25.1. The van der Waals surface area contributed by atoms with Gasteiger partial charge >= 0.3 is 0 Å². The molecule has 1 aliphatic rings. The normalized spacial score (nSPS) is 15.5. The number of methoxy groups -OCH3 is 1. The Labute approximate surface area is 163 Å². The number of fused-ring (bicyclic) bond motifs is 1. The zero-order valence-electron chi connectivity index (χ0n) is 15.5. The Morgan fingerprint density at radius 1 is 0.964 bits per heavy atom. The molecule has 1 atom stereocenters. The number of nitrogens with zero attached hydrogens (tertiary/aromatic N) is 2. The van der Waals surface area contributed by atoms with Gasteiger partial charge in [-0.2, -0.15) is 0 Å². The maximum Gasteiger partial charge on any atom is 0.228 e. The second-order valence-electron chi connectivity index (χ2n) is 6.62. The molecule has 4 rings (SSSR count). The molecule has 0 aromatic heterocycles. The van der Waals surface area contributed by atoms with Gasteiger partial charge in [0.05, 0.1) is 7.11 Å². The Bertz CT molecular complexity index is 1010. The Kier molecular flexibility index (Phi) is 4.81. The lowest BCUT2D eigenvalue weighted by Crippen LogP contribution is -2.34. The fourth-order valence-corrected chi connectivity index (χ4v) is 3.68. The zero-order chi connectivity index (χ0) is 19.5. The van der Waals surface area contributed by atoms with Crippen molar-refractivity contribution in [1.82, 2.24) is 0 Å². The summed E-state index contributed by atoms with van der Waals surface area (Å²) in [6.07, 6.45) is 2.10. The summed E-state index contributed by atoms with van der Waals surface area (Å²) in [5, 5.41) is 11.5. The summed E-state index contributed by atoms with van der Waals surface area (Å²) >= 11 is 0. The minimum Gasteiger partial charge on any atom is -0.497 e. The van der Waals surface area contributed by atoms with E-state index >= 15 is 0 Å². The number of benzene rings is 3. The number of nitro groups is 1. The smallest absolute Gasteiger partial charge is 0.228 e. The predicted molar refractivity (Wildman–Crippen MR) is 111 cm³/mol. The molecular weight excluding hydrogens is 352 g/mol. The lowest BCUT2D eigenvalue weighted by Gasteiger charge is -2.38. The zero-order valence-corrected chi connectivity index (χ0v) is 15.5. The Morgan fingerprint density at radius 2 is 1.64 bits per heavy atom. The van der Waals surface area contributed by atoms with Gasteiger partial charge in [-0.1, -0.05) is 54.6 Å². The summed E-state index contributed by atoms with van der Waals surface area (Å²) in [5.41, 5.74) is 4.81. The summed E-state index contributed by atoms with van der Waals surface area (Å²) in [4.78, 5) is 13.3. The van der Waals surface area contributed by atoms with E-state index in [1.54, 1.807) is 7.11 Å². The van der Waals surface area contributed by atoms with Crippen LogP contribution in [0.15, 0.2) is 78.9 Å². The number of ether oxygens (including phenoxy) is 1. The molecule has 5 heteroatoms. The molecule has 0 amide bonds. The van der Waals surface area contributed by atoms with Crippen molar-refractivity contribution in [2.45, 2.75) is 6.04 Å². The first kappa shape index (κ1) is 17.8. The predicted octanol–water partition coefficient (Wildman–Crippen LogP) is 5.03. The fraction of sp³-hybridized carbons (Fsp3) is 0.130. The van der Waals surface area contributed by atoms with Gasteiger partial charge in [-0.3, -0.25) is 10.1 Å². The lowest BCUT2D eigenvalue weighted by atomic mass is 9.91. The van der Waals surface area contributed by atoms with E-state index in [0.29, 0.717) is 0 Å². The van der Waals surface area contributed by atoms with Crippen molar-refractivity contribution in [3.8, 4) is 5.75 Å². The van der Waals surface area contributed by atoms with Crippen LogP contribution in [0.4, 0.5) is 5.69 Å². The number of anilines is 1. The minimum atomic E-state index is -0.403. The molecule has 5 nitrogen and oxygen atoms in total. The molecule has 0 bridgehead atoms. The lowest BCUT2D eigenvalue weighted by molar-refractivity contribution is -0.483. The molecule has 3 aromatic rings. The first-order valence-corrected chi connectivity index (χ1v) is 9.08. The van der Waals surface area contributed by atoms with E-state index in [0.717, 1.165) is 33.8 Å². The van der Waals surface area contributed by atoms with E-state index in [2.05, 4.69) is 11.0 Å². The van der Waals surface area contributed by atoms with Gasteiger partial charge in [0.15, 0.2) is 0 Å². The van der Waals surface area contributed by atoms with Gasteiger partial charge in [-0.15, -0.1) is 0 Å². The highest BCUT2D eigenvalue weighted by Crippen LogP contribution is 2.42. The van der Waals surface area contributed by atoms with Crippen LogP contribution in [0.25, 0.3) is 11.8 Å². The van der Waals surface area contributed by atoms with Gasteiger partial charge in [-0.05, 0) is 47.0 Å². The molecule has 3 aromatic carbocycles. The van der Waals surface area contributed by atoms with Crippen LogP contribution in [-0.4, -0.2) is 18.6 Å². The van der Waals surface area contributed by atoms with Gasteiger partial charge in [0.1, 0.15) is 11.8 Å². The molecule has 0 saturated carbocycles. The van der Waals surface area contributed by atoms with Crippen molar-refractivity contribution < 1.29 is 9.66 Å². The Morgan fingerprint density at radius 3 is 2.32 bits per heavy atom. The van der Waals surface area contributed by atoms with Crippen LogP contribution in [-0.2, 0) is 0 Å². The third-order valence-electron chi connectivity index (χ3n) is 4.96. The highest BCUT2D eigenvalue weighted by Gasteiger charge is 2.33. The van der Waals surface area contributed by atoms with E-state index in [1.807, 2.05) is 78.9 Å². The van der Waals surface area contributed by atoms with Crippen molar-refractivity contribution >= 4 is 17.5 Å². The van der Waals surface area contributed by atoms with Crippen LogP contribution < -0.4 is 9.64 Å². The van der Waals surface area contributed by atoms with E-state index in [1.165, 1.54) is 0 Å². The number of hydrogen-bond acceptors (Lipinski definition) is 4. The van der Waals surface area contributed by atoms with E-state index in [-0.39, 0.29) is 11.5 Å². The Hall–Kier alpha value is -3.60. The van der Waals surface area contributed by atoms with Gasteiger partial charge < -0.3 is 9.64 Å². The molecule has 0 spiro atoms. The molecular formula is C23H20N2O3. The minimum absolute atomic E-state index is 0.187. The van der Waals surface area contributed by atoms with Crippen LogP contribution in [0.1, 0.15) is 22.7 Å². The number of rotatable bonds is 5. The van der Waals surface area contributed by atoms with Crippen LogP contribution in [0.2, 0.25) is 0 Å². The van der Waals surface area contributed by atoms with Gasteiger partial charge in [0, 0.05) is 16.3 Å². The fourth-order valence-electron chi connectivity index (χ4n) is 3.68. The second-order valence-corrected chi connectivity index (χ2v) is 6.62. The maximum absolute atomic E-state index is 11.5. The highest BCUT2D eigenvalue weighted by atomic mass is 16.6. The summed E-state index contributed by atoms with van der Waals surface area (Å²) < 4.78 is 5.27. The van der Waals surface area contributed by atoms with Gasteiger partial charge in [0.2, 0.25) is 6.54 Å². The second kappa shape index (κ2) is 7.56. The average Bonchev–Trinajstić information content (AvgIpc) is 2.74. The van der Waals surface area contributed by atoms with Gasteiger partial charge in [0.25, 0.3) is 0 Å². The van der Waals surface area contributed by atoms with Crippen molar-refractivity contribution in [2.75, 3.05) is 18.6 Å². The maximum atomic E-state index is 11.5. The van der Waals surface area contributed by atoms with Crippen molar-refractivity contribution in [3.63, 3.8) is 0 Å². The van der Waals surface area contributed by atoms with Crippen LogP contribution in [0, 0.1) is 10.1 Å². The van der Waals surface area contributed by atoms with Crippen LogP contribution in [0.3, 0.4) is 0 Å². The standard InChI is InChI=1S/C23H20N2O3/c1-28-20-13-11-19(12-14-20)25-22(17-7-3-2-4-8-17)15-18-9-5-6-10-21(18)23(25)16-24(26)27/h2-15,23H,16H2,1H3. The molecule has 0 fully saturated rings. The highest BCUT2D eigenvalue weighted by molar-refractivity contribution is 5.93. The molecule has 1 unspecified atom stereocenters. The summed E-state index contributed by atoms with van der Waals surface area (Å²) in [5.74, 6) is 0.747. The summed E-state index contributed by atoms with van der Waals surface area (Å²) in [7, 11) is 1.62. The van der Waals surface area contributed by atoms with Crippen molar-refractivity contribution in [1.29, 1.82) is 0 Å². The molecule has 28 heavy (non-hydrogen) atoms. The number of hydrogen-bond donors (Lipinski definition) is 0. The first-order valence-electron chi connectivity index (χ1n) is 9.08. The van der Waals surface area contributed by atoms with E-state index in [9.17, 15) is 10.1 Å². The SMILES string of the molecule is COc1ccc(N2C(c3ccccc3)=Cc3ccccc3C2C[N+](=O)[O-])cc1. The Balaban J connectivity index is 1.91. The first-order chi connectivity index (χ1) is 13.7. The van der Waals surface area contributed by atoms with E-state index < -0.39 is 6.04 Å². The monoisotopic (exact) mass is 372 g/mol. The van der Waals surface area contributed by atoms with E-state index in [4.69, 9.17) is 4.74 Å². The third kappa shape index (κ3) is 3.34. The molecule has 1 aliphatic heterocycles. The van der Waals surface area contributed by atoms with Crippen LogP contribution >= 0.6 is 0 Å². The largest absolute Gasteiger partial charge is 0.497 e. The molecule has 0 aliphatic carbocycles.